The van der Waals surface area contributed by atoms with Crippen LogP contribution in [0.1, 0.15) is 51.4 Å². The molecule has 3 fully saturated rings. The summed E-state index contributed by atoms with van der Waals surface area (Å²) in [6, 6.07) is 6.11. The number of rotatable bonds is 9. The molecule has 1 aliphatic heterocycles. The van der Waals surface area contributed by atoms with Gasteiger partial charge in [-0.3, -0.25) is 9.69 Å². The van der Waals surface area contributed by atoms with Crippen molar-refractivity contribution in [2.24, 2.45) is 17.8 Å². The first-order valence-corrected chi connectivity index (χ1v) is 13.8. The largest absolute Gasteiger partial charge is 0.384 e. The third-order valence-corrected chi connectivity index (χ3v) is 8.60. The number of ether oxygens (including phenoxy) is 1. The van der Waals surface area contributed by atoms with Gasteiger partial charge in [-0.05, 0) is 81.4 Å². The summed E-state index contributed by atoms with van der Waals surface area (Å²) in [4.78, 5) is 17.3. The highest BCUT2D eigenvalue weighted by Crippen LogP contribution is 2.36. The fourth-order valence-electron chi connectivity index (χ4n) is 6.23. The number of benzene rings is 1. The molecule has 35 heavy (non-hydrogen) atoms. The van der Waals surface area contributed by atoms with Crippen LogP contribution in [0.15, 0.2) is 22.7 Å². The first-order chi connectivity index (χ1) is 17.1. The summed E-state index contributed by atoms with van der Waals surface area (Å²) in [5, 5.41) is 9.33. The zero-order chi connectivity index (χ0) is 24.2. The maximum Gasteiger partial charge on any atom is 0.220 e. The van der Waals surface area contributed by atoms with Crippen molar-refractivity contribution in [2.45, 2.75) is 57.4 Å². The molecule has 0 bridgehead atoms. The van der Waals surface area contributed by atoms with E-state index in [1.807, 2.05) is 18.2 Å². The van der Waals surface area contributed by atoms with Crippen LogP contribution in [0.4, 0.5) is 5.82 Å². The van der Waals surface area contributed by atoms with Crippen molar-refractivity contribution in [3.8, 4) is 0 Å². The molecule has 192 valence electrons. The Kier molecular flexibility index (Phi) is 8.15. The summed E-state index contributed by atoms with van der Waals surface area (Å²) in [7, 11) is 1.76. The van der Waals surface area contributed by atoms with Gasteiger partial charge in [0, 0.05) is 63.4 Å². The van der Waals surface area contributed by atoms with Gasteiger partial charge in [0.05, 0.1) is 5.39 Å². The van der Waals surface area contributed by atoms with E-state index >= 15 is 0 Å². The van der Waals surface area contributed by atoms with Gasteiger partial charge in [-0.15, -0.1) is 0 Å². The third kappa shape index (κ3) is 6.30. The van der Waals surface area contributed by atoms with Crippen molar-refractivity contribution in [3.63, 3.8) is 0 Å². The van der Waals surface area contributed by atoms with Crippen molar-refractivity contribution >= 4 is 34.3 Å². The van der Waals surface area contributed by atoms with E-state index in [0.717, 1.165) is 87.7 Å². The number of hydrogen-bond acceptors (Lipinski definition) is 6. The van der Waals surface area contributed by atoms with Gasteiger partial charge in [-0.1, -0.05) is 16.8 Å². The second-order valence-corrected chi connectivity index (χ2v) is 11.3. The number of carbonyl (C=O) groups is 1. The molecule has 3 aliphatic rings. The molecule has 0 unspecified atom stereocenters. The number of halogens is 1. The standard InChI is InChI=1S/C27H39ClN4O3/c1-34-18-21-14-20(15-21)16-26(33)29-23-5-2-19(3-6-23)8-9-31-10-12-32(13-11-31)27-24-7-4-22(28)17-25(24)35-30-27/h4,7,17,19-21,23H,2-3,5-6,8-16,18H2,1H3,(H,29,33)/t19-,20-,21-,23-. The topological polar surface area (TPSA) is 70.8 Å². The average Bonchev–Trinajstić information content (AvgIpc) is 3.25. The van der Waals surface area contributed by atoms with Crippen LogP contribution in [-0.2, 0) is 9.53 Å². The van der Waals surface area contributed by atoms with Crippen molar-refractivity contribution in [1.82, 2.24) is 15.4 Å². The van der Waals surface area contributed by atoms with Crippen molar-refractivity contribution < 1.29 is 14.1 Å². The maximum absolute atomic E-state index is 12.4. The molecule has 1 N–H and O–H groups in total. The van der Waals surface area contributed by atoms with Crippen LogP contribution in [0.2, 0.25) is 5.02 Å². The fraction of sp³-hybridized carbons (Fsp3) is 0.704. The molecule has 2 aliphatic carbocycles. The highest BCUT2D eigenvalue weighted by molar-refractivity contribution is 6.31. The number of fused-ring (bicyclic) bond motifs is 1. The van der Waals surface area contributed by atoms with E-state index in [1.165, 1.54) is 19.3 Å². The number of methoxy groups -OCH3 is 1. The number of amides is 1. The molecule has 1 aromatic heterocycles. The smallest absolute Gasteiger partial charge is 0.220 e. The number of nitrogens with one attached hydrogen (secondary N) is 1. The van der Waals surface area contributed by atoms with Gasteiger partial charge in [0.15, 0.2) is 11.4 Å². The predicted molar refractivity (Wildman–Crippen MR) is 139 cm³/mol. The van der Waals surface area contributed by atoms with Crippen LogP contribution in [-0.4, -0.2) is 68.4 Å². The van der Waals surface area contributed by atoms with Crippen LogP contribution in [0.25, 0.3) is 11.0 Å². The lowest BCUT2D eigenvalue weighted by molar-refractivity contribution is -0.124. The Hall–Kier alpha value is -1.83. The molecule has 1 aromatic carbocycles. The number of anilines is 1. The zero-order valence-electron chi connectivity index (χ0n) is 20.9. The van der Waals surface area contributed by atoms with Gasteiger partial charge < -0.3 is 19.5 Å². The third-order valence-electron chi connectivity index (χ3n) is 8.36. The Morgan fingerprint density at radius 1 is 1.11 bits per heavy atom. The summed E-state index contributed by atoms with van der Waals surface area (Å²) < 4.78 is 10.7. The summed E-state index contributed by atoms with van der Waals surface area (Å²) in [5.41, 5.74) is 0.750. The van der Waals surface area contributed by atoms with Crippen LogP contribution in [0.5, 0.6) is 0 Å². The molecule has 7 nitrogen and oxygen atoms in total. The Morgan fingerprint density at radius 3 is 2.63 bits per heavy atom. The van der Waals surface area contributed by atoms with Crippen molar-refractivity contribution in [1.29, 1.82) is 0 Å². The Labute approximate surface area is 213 Å². The maximum atomic E-state index is 12.4. The Balaban J connectivity index is 0.970. The van der Waals surface area contributed by atoms with E-state index in [0.29, 0.717) is 29.3 Å². The summed E-state index contributed by atoms with van der Waals surface area (Å²) in [6.45, 7) is 6.05. The highest BCUT2D eigenvalue weighted by atomic mass is 35.5. The second-order valence-electron chi connectivity index (χ2n) is 10.9. The highest BCUT2D eigenvalue weighted by Gasteiger charge is 2.31. The lowest BCUT2D eigenvalue weighted by Crippen LogP contribution is -2.47. The molecule has 0 radical (unpaired) electrons. The lowest BCUT2D eigenvalue weighted by Gasteiger charge is -2.36. The zero-order valence-corrected chi connectivity index (χ0v) is 21.6. The average molecular weight is 503 g/mol. The van der Waals surface area contributed by atoms with Gasteiger partial charge in [-0.2, -0.15) is 0 Å². The number of piperazine rings is 1. The quantitative estimate of drug-likeness (QED) is 0.534. The van der Waals surface area contributed by atoms with E-state index in [-0.39, 0.29) is 5.91 Å². The second kappa shape index (κ2) is 11.5. The van der Waals surface area contributed by atoms with E-state index in [1.54, 1.807) is 7.11 Å². The molecule has 1 amide bonds. The van der Waals surface area contributed by atoms with E-state index in [2.05, 4.69) is 20.3 Å². The van der Waals surface area contributed by atoms with Gasteiger partial charge in [-0.25, -0.2) is 0 Å². The van der Waals surface area contributed by atoms with Gasteiger partial charge >= 0.3 is 0 Å². The number of aromatic nitrogens is 1. The summed E-state index contributed by atoms with van der Waals surface area (Å²) in [6.07, 6.45) is 8.97. The minimum Gasteiger partial charge on any atom is -0.384 e. The predicted octanol–water partition coefficient (Wildman–Crippen LogP) is 4.73. The molecule has 5 rings (SSSR count). The Bertz CT molecular complexity index is 976. The monoisotopic (exact) mass is 502 g/mol. The van der Waals surface area contributed by atoms with E-state index in [4.69, 9.17) is 20.9 Å². The van der Waals surface area contributed by atoms with Crippen LogP contribution >= 0.6 is 11.6 Å². The number of carbonyl (C=O) groups excluding carboxylic acids is 1. The van der Waals surface area contributed by atoms with Crippen molar-refractivity contribution in [2.75, 3.05) is 51.3 Å². The molecule has 1 saturated heterocycles. The summed E-state index contributed by atoms with van der Waals surface area (Å²) in [5.74, 6) is 3.21. The van der Waals surface area contributed by atoms with Crippen molar-refractivity contribution in [3.05, 3.63) is 23.2 Å². The molecule has 0 spiro atoms. The van der Waals surface area contributed by atoms with E-state index in [9.17, 15) is 4.79 Å². The molecular formula is C27H39ClN4O3. The molecule has 2 heterocycles. The van der Waals surface area contributed by atoms with Gasteiger partial charge in [0.1, 0.15) is 0 Å². The first kappa shape index (κ1) is 24.8. The summed E-state index contributed by atoms with van der Waals surface area (Å²) >= 11 is 6.07. The SMILES string of the molecule is COC[C@H]1C[C@H](CC(=O)N[C@H]2CC[C@H](CCN3CCN(c4noc5cc(Cl)ccc45)CC3)CC2)C1. The first-order valence-electron chi connectivity index (χ1n) is 13.4. The molecule has 2 aromatic rings. The lowest BCUT2D eigenvalue weighted by atomic mass is 9.73. The molecular weight excluding hydrogens is 464 g/mol. The van der Waals surface area contributed by atoms with Gasteiger partial charge in [0.2, 0.25) is 5.91 Å². The van der Waals surface area contributed by atoms with E-state index < -0.39 is 0 Å². The number of nitrogens with zero attached hydrogens (tertiary/aromatic N) is 3. The number of hydrogen-bond donors (Lipinski definition) is 1. The minimum absolute atomic E-state index is 0.259. The van der Waals surface area contributed by atoms with Gasteiger partial charge in [0.25, 0.3) is 0 Å². The van der Waals surface area contributed by atoms with Crippen LogP contribution < -0.4 is 10.2 Å². The molecule has 0 atom stereocenters. The fourth-order valence-corrected chi connectivity index (χ4v) is 6.39. The minimum atomic E-state index is 0.259. The van der Waals surface area contributed by atoms with Crippen LogP contribution in [0.3, 0.4) is 0 Å². The molecule has 8 heteroatoms. The Morgan fingerprint density at radius 2 is 1.89 bits per heavy atom. The van der Waals surface area contributed by atoms with Crippen LogP contribution in [0, 0.1) is 17.8 Å². The normalized spacial score (nSPS) is 27.7. The molecule has 2 saturated carbocycles.